The highest BCUT2D eigenvalue weighted by Gasteiger charge is 2.25. The lowest BCUT2D eigenvalue weighted by molar-refractivity contribution is 0.0659. The molecule has 1 saturated heterocycles. The molecule has 7 nitrogen and oxygen atoms in total. The van der Waals surface area contributed by atoms with Crippen molar-refractivity contribution in [2.75, 3.05) is 40.4 Å². The number of carbonyl (C=O) groups excluding carboxylic acids is 1. The van der Waals surface area contributed by atoms with Crippen molar-refractivity contribution >= 4 is 16.9 Å². The Labute approximate surface area is 153 Å². The summed E-state index contributed by atoms with van der Waals surface area (Å²) in [4.78, 5) is 32.0. The second kappa shape index (κ2) is 8.05. The number of nitrogens with zero attached hydrogens (tertiary/aromatic N) is 3. The van der Waals surface area contributed by atoms with Crippen LogP contribution in [-0.2, 0) is 11.3 Å². The Hall–Kier alpha value is -2.12. The van der Waals surface area contributed by atoms with Crippen LogP contribution in [0.25, 0.3) is 11.0 Å². The van der Waals surface area contributed by atoms with Gasteiger partial charge in [-0.05, 0) is 58.1 Å². The fourth-order valence-electron chi connectivity index (χ4n) is 3.57. The third-order valence-corrected chi connectivity index (χ3v) is 5.24. The van der Waals surface area contributed by atoms with Gasteiger partial charge in [-0.2, -0.15) is 0 Å². The lowest BCUT2D eigenvalue weighted by Crippen LogP contribution is -2.44. The Morgan fingerprint density at radius 2 is 2.08 bits per heavy atom. The van der Waals surface area contributed by atoms with E-state index >= 15 is 0 Å². The molecule has 1 fully saturated rings. The lowest BCUT2D eigenvalue weighted by atomic mass is 10.0. The summed E-state index contributed by atoms with van der Waals surface area (Å²) in [5.74, 6) is 0.00404. The van der Waals surface area contributed by atoms with E-state index in [9.17, 15) is 9.59 Å². The molecule has 0 bridgehead atoms. The fraction of sp³-hybridized carbons (Fsp3) is 0.579. The second-order valence-corrected chi connectivity index (χ2v) is 6.96. The number of imidazole rings is 1. The second-order valence-electron chi connectivity index (χ2n) is 6.96. The first-order valence-electron chi connectivity index (χ1n) is 9.27. The van der Waals surface area contributed by atoms with E-state index in [1.165, 1.54) is 0 Å². The molecule has 0 saturated carbocycles. The van der Waals surface area contributed by atoms with Gasteiger partial charge in [0.15, 0.2) is 0 Å². The van der Waals surface area contributed by atoms with E-state index in [1.807, 2.05) is 24.9 Å². The maximum atomic E-state index is 12.9. The number of fused-ring (bicyclic) bond motifs is 1. The summed E-state index contributed by atoms with van der Waals surface area (Å²) in [5.41, 5.74) is 1.92. The zero-order valence-electron chi connectivity index (χ0n) is 15.8. The quantitative estimate of drug-likeness (QED) is 0.793. The average Bonchev–Trinajstić information content (AvgIpc) is 2.96. The number of benzene rings is 1. The predicted octanol–water partition coefficient (Wildman–Crippen LogP) is 1.53. The van der Waals surface area contributed by atoms with E-state index in [-0.39, 0.29) is 17.6 Å². The minimum atomic E-state index is -0.173. The lowest BCUT2D eigenvalue weighted by Gasteiger charge is -2.35. The van der Waals surface area contributed by atoms with Gasteiger partial charge in [0.25, 0.3) is 5.91 Å². The van der Waals surface area contributed by atoms with Crippen molar-refractivity contribution in [3.8, 4) is 0 Å². The van der Waals surface area contributed by atoms with Crippen molar-refractivity contribution in [1.29, 1.82) is 0 Å². The maximum absolute atomic E-state index is 12.9. The van der Waals surface area contributed by atoms with Gasteiger partial charge in [-0.15, -0.1) is 0 Å². The molecule has 0 radical (unpaired) electrons. The molecule has 1 aliphatic heterocycles. The number of hydrogen-bond acceptors (Lipinski definition) is 4. The molecule has 0 aliphatic carbocycles. The molecule has 3 rings (SSSR count). The van der Waals surface area contributed by atoms with Gasteiger partial charge in [0.2, 0.25) is 0 Å². The topological polar surface area (TPSA) is 70.6 Å². The van der Waals surface area contributed by atoms with Crippen LogP contribution < -0.4 is 5.69 Å². The van der Waals surface area contributed by atoms with E-state index in [4.69, 9.17) is 4.74 Å². The molecule has 0 unspecified atom stereocenters. The highest BCUT2D eigenvalue weighted by atomic mass is 16.5. The first-order chi connectivity index (χ1) is 12.5. The van der Waals surface area contributed by atoms with E-state index in [2.05, 4.69) is 16.9 Å². The van der Waals surface area contributed by atoms with Crippen molar-refractivity contribution in [2.24, 2.45) is 0 Å². The molecule has 0 atom stereocenters. The van der Waals surface area contributed by atoms with Crippen LogP contribution in [0.2, 0.25) is 0 Å². The summed E-state index contributed by atoms with van der Waals surface area (Å²) in [7, 11) is 3.98. The number of amides is 1. The average molecular weight is 360 g/mol. The van der Waals surface area contributed by atoms with Crippen LogP contribution in [0.3, 0.4) is 0 Å². The molecule has 2 aromatic rings. The largest absolute Gasteiger partial charge is 0.380 e. The van der Waals surface area contributed by atoms with Gasteiger partial charge in [-0.3, -0.25) is 9.36 Å². The summed E-state index contributed by atoms with van der Waals surface area (Å²) in [6, 6.07) is 5.70. The van der Waals surface area contributed by atoms with Crippen LogP contribution in [0.1, 0.15) is 30.1 Å². The monoisotopic (exact) mass is 360 g/mol. The number of aromatic amines is 1. The first kappa shape index (κ1) is 18.7. The smallest absolute Gasteiger partial charge is 0.326 e. The van der Waals surface area contributed by atoms with Crippen molar-refractivity contribution in [3.63, 3.8) is 0 Å². The van der Waals surface area contributed by atoms with Crippen LogP contribution in [0.4, 0.5) is 0 Å². The molecule has 1 N–H and O–H groups in total. The Morgan fingerprint density at radius 1 is 1.35 bits per heavy atom. The fourth-order valence-corrected chi connectivity index (χ4v) is 3.57. The number of hydrogen-bond donors (Lipinski definition) is 1. The zero-order chi connectivity index (χ0) is 18.7. The first-order valence-corrected chi connectivity index (χ1v) is 9.27. The summed E-state index contributed by atoms with van der Waals surface area (Å²) < 4.78 is 6.99. The van der Waals surface area contributed by atoms with E-state index < -0.39 is 0 Å². The summed E-state index contributed by atoms with van der Waals surface area (Å²) in [6.07, 6.45) is 1.98. The standard InChI is InChI=1S/C19H28N4O3/c1-4-26-12-11-23-17-6-5-14(13-16(17)20-19(23)25)18(24)22(3)15-7-9-21(2)10-8-15/h5-6,13,15H,4,7-12H2,1-3H3,(H,20,25). The minimum Gasteiger partial charge on any atom is -0.380 e. The van der Waals surface area contributed by atoms with Gasteiger partial charge >= 0.3 is 5.69 Å². The molecular weight excluding hydrogens is 332 g/mol. The summed E-state index contributed by atoms with van der Waals surface area (Å²) in [6.45, 7) is 5.56. The number of piperidine rings is 1. The third kappa shape index (κ3) is 3.83. The predicted molar refractivity (Wildman–Crippen MR) is 102 cm³/mol. The number of rotatable bonds is 6. The Balaban J connectivity index is 1.78. The van der Waals surface area contributed by atoms with E-state index in [0.717, 1.165) is 31.4 Å². The van der Waals surface area contributed by atoms with Gasteiger partial charge in [-0.1, -0.05) is 0 Å². The molecule has 1 aromatic heterocycles. The highest BCUT2D eigenvalue weighted by molar-refractivity contribution is 5.97. The van der Waals surface area contributed by atoms with Crippen LogP contribution in [0, 0.1) is 0 Å². The molecule has 1 aromatic carbocycles. The summed E-state index contributed by atoms with van der Waals surface area (Å²) in [5, 5.41) is 0. The molecule has 142 valence electrons. The molecule has 7 heteroatoms. The minimum absolute atomic E-state index is 0.00404. The van der Waals surface area contributed by atoms with Crippen LogP contribution in [-0.4, -0.2) is 71.7 Å². The normalized spacial score (nSPS) is 16.3. The number of H-pyrrole nitrogens is 1. The molecule has 2 heterocycles. The van der Waals surface area contributed by atoms with Gasteiger partial charge < -0.3 is 19.5 Å². The van der Waals surface area contributed by atoms with Crippen molar-refractivity contribution < 1.29 is 9.53 Å². The highest BCUT2D eigenvalue weighted by Crippen LogP contribution is 2.19. The molecule has 26 heavy (non-hydrogen) atoms. The van der Waals surface area contributed by atoms with Gasteiger partial charge in [-0.25, -0.2) is 4.79 Å². The maximum Gasteiger partial charge on any atom is 0.326 e. The van der Waals surface area contributed by atoms with Crippen LogP contribution in [0.15, 0.2) is 23.0 Å². The number of nitrogens with one attached hydrogen (secondary N) is 1. The molecule has 0 spiro atoms. The van der Waals surface area contributed by atoms with Crippen LogP contribution >= 0.6 is 0 Å². The Kier molecular flexibility index (Phi) is 5.78. The molecule has 1 amide bonds. The van der Waals surface area contributed by atoms with E-state index in [0.29, 0.717) is 30.8 Å². The molecule has 1 aliphatic rings. The molecular formula is C19H28N4O3. The van der Waals surface area contributed by atoms with Gasteiger partial charge in [0.1, 0.15) is 0 Å². The van der Waals surface area contributed by atoms with Gasteiger partial charge in [0.05, 0.1) is 24.2 Å². The number of likely N-dealkylation sites (tertiary alicyclic amines) is 1. The Bertz CT molecular complexity index is 818. The third-order valence-electron chi connectivity index (χ3n) is 5.24. The van der Waals surface area contributed by atoms with Gasteiger partial charge in [0, 0.05) is 25.3 Å². The SMILES string of the molecule is CCOCCn1c(=O)[nH]c2cc(C(=O)N(C)C3CCN(C)CC3)ccc21. The van der Waals surface area contributed by atoms with Crippen molar-refractivity contribution in [3.05, 3.63) is 34.2 Å². The van der Waals surface area contributed by atoms with Crippen LogP contribution in [0.5, 0.6) is 0 Å². The van der Waals surface area contributed by atoms with Crippen molar-refractivity contribution in [1.82, 2.24) is 19.4 Å². The number of carbonyl (C=O) groups is 1. The summed E-state index contributed by atoms with van der Waals surface area (Å²) >= 11 is 0. The number of ether oxygens (including phenoxy) is 1. The Morgan fingerprint density at radius 3 is 2.77 bits per heavy atom. The zero-order valence-corrected chi connectivity index (χ0v) is 15.8. The number of aromatic nitrogens is 2. The van der Waals surface area contributed by atoms with Crippen molar-refractivity contribution in [2.45, 2.75) is 32.4 Å². The van der Waals surface area contributed by atoms with E-state index in [1.54, 1.807) is 16.7 Å².